The normalized spacial score (nSPS) is 20.6. The monoisotopic (exact) mass is 196 g/mol. The van der Waals surface area contributed by atoms with E-state index in [0.29, 0.717) is 19.1 Å². The van der Waals surface area contributed by atoms with E-state index < -0.39 is 5.97 Å². The molecule has 0 saturated heterocycles. The van der Waals surface area contributed by atoms with Crippen LogP contribution in [0, 0.1) is 0 Å². The SMILES string of the molecule is CC1=C(CO)C[C@H](OC(=O)C=[N+]=[N-])C1. The third-order valence-corrected chi connectivity index (χ3v) is 2.25. The first-order valence-electron chi connectivity index (χ1n) is 4.33. The molecule has 1 N–H and O–H groups in total. The maximum absolute atomic E-state index is 10.9. The lowest BCUT2D eigenvalue weighted by molar-refractivity contribution is -0.143. The Kier molecular flexibility index (Phi) is 3.56. The summed E-state index contributed by atoms with van der Waals surface area (Å²) in [5, 5.41) is 8.93. The highest BCUT2D eigenvalue weighted by Gasteiger charge is 2.24. The Morgan fingerprint density at radius 2 is 2.50 bits per heavy atom. The van der Waals surface area contributed by atoms with Crippen molar-refractivity contribution in [3.63, 3.8) is 0 Å². The van der Waals surface area contributed by atoms with Crippen LogP contribution in [0.3, 0.4) is 0 Å². The highest BCUT2D eigenvalue weighted by Crippen LogP contribution is 2.27. The van der Waals surface area contributed by atoms with Crippen LogP contribution >= 0.6 is 0 Å². The number of hydrogen-bond acceptors (Lipinski definition) is 3. The summed E-state index contributed by atoms with van der Waals surface area (Å²) < 4.78 is 4.95. The average Bonchev–Trinajstić information content (AvgIpc) is 2.46. The molecule has 0 aromatic carbocycles. The Morgan fingerprint density at radius 3 is 3.00 bits per heavy atom. The van der Waals surface area contributed by atoms with Gasteiger partial charge >= 0.3 is 12.2 Å². The minimum atomic E-state index is -0.663. The molecular weight excluding hydrogens is 184 g/mol. The van der Waals surface area contributed by atoms with E-state index in [1.807, 2.05) is 6.92 Å². The van der Waals surface area contributed by atoms with Crippen LogP contribution in [0.2, 0.25) is 0 Å². The summed E-state index contributed by atoms with van der Waals surface area (Å²) >= 11 is 0. The molecule has 0 radical (unpaired) electrons. The van der Waals surface area contributed by atoms with Gasteiger partial charge in [-0.3, -0.25) is 0 Å². The molecule has 76 valence electrons. The Morgan fingerprint density at radius 1 is 1.79 bits per heavy atom. The fourth-order valence-electron chi connectivity index (χ4n) is 1.53. The van der Waals surface area contributed by atoms with Crippen molar-refractivity contribution in [2.24, 2.45) is 0 Å². The predicted molar refractivity (Wildman–Crippen MR) is 48.6 cm³/mol. The van der Waals surface area contributed by atoms with Gasteiger partial charge in [-0.05, 0) is 12.5 Å². The van der Waals surface area contributed by atoms with Crippen LogP contribution in [-0.2, 0) is 9.53 Å². The summed E-state index contributed by atoms with van der Waals surface area (Å²) in [6.45, 7) is 1.91. The summed E-state index contributed by atoms with van der Waals surface area (Å²) in [5.74, 6) is -0.663. The van der Waals surface area contributed by atoms with Crippen LogP contribution in [0.25, 0.3) is 5.53 Å². The van der Waals surface area contributed by atoms with Gasteiger partial charge in [-0.25, -0.2) is 4.79 Å². The fraction of sp³-hybridized carbons (Fsp3) is 0.556. The largest absolute Gasteiger partial charge is 0.453 e. The van der Waals surface area contributed by atoms with E-state index in [4.69, 9.17) is 15.4 Å². The first-order valence-corrected chi connectivity index (χ1v) is 4.33. The molecule has 0 amide bonds. The number of esters is 1. The van der Waals surface area contributed by atoms with Crippen LogP contribution in [0.5, 0.6) is 0 Å². The molecule has 0 unspecified atom stereocenters. The van der Waals surface area contributed by atoms with E-state index in [-0.39, 0.29) is 12.7 Å². The van der Waals surface area contributed by atoms with Gasteiger partial charge in [0.1, 0.15) is 6.10 Å². The molecule has 0 aromatic heterocycles. The number of carbonyl (C=O) groups is 1. The molecule has 5 heteroatoms. The predicted octanol–water partition coefficient (Wildman–Crippen LogP) is 0.301. The summed E-state index contributed by atoms with van der Waals surface area (Å²) in [5.41, 5.74) is 10.1. The van der Waals surface area contributed by atoms with Crippen LogP contribution in [0.4, 0.5) is 0 Å². The van der Waals surface area contributed by atoms with E-state index in [1.165, 1.54) is 0 Å². The first-order chi connectivity index (χ1) is 6.67. The van der Waals surface area contributed by atoms with Crippen LogP contribution in [-0.4, -0.2) is 34.8 Å². The highest BCUT2D eigenvalue weighted by atomic mass is 16.5. The smallest absolute Gasteiger partial charge is 0.413 e. The molecule has 1 rings (SSSR count). The molecule has 14 heavy (non-hydrogen) atoms. The number of nitrogens with zero attached hydrogens (tertiary/aromatic N) is 2. The van der Waals surface area contributed by atoms with Gasteiger partial charge in [0.25, 0.3) is 0 Å². The van der Waals surface area contributed by atoms with Gasteiger partial charge in [-0.15, -0.1) is 0 Å². The number of rotatable bonds is 3. The topological polar surface area (TPSA) is 82.9 Å². The van der Waals surface area contributed by atoms with E-state index in [2.05, 4.69) is 4.79 Å². The molecule has 0 aliphatic heterocycles. The lowest BCUT2D eigenvalue weighted by Crippen LogP contribution is -2.16. The highest BCUT2D eigenvalue weighted by molar-refractivity contribution is 6.20. The Bertz CT molecular complexity index is 316. The van der Waals surface area contributed by atoms with Crippen molar-refractivity contribution in [1.82, 2.24) is 0 Å². The minimum Gasteiger partial charge on any atom is -0.453 e. The van der Waals surface area contributed by atoms with Crippen molar-refractivity contribution in [2.75, 3.05) is 6.61 Å². The number of ether oxygens (including phenoxy) is 1. The zero-order valence-electron chi connectivity index (χ0n) is 7.93. The van der Waals surface area contributed by atoms with Crippen molar-refractivity contribution < 1.29 is 19.4 Å². The molecule has 0 heterocycles. The van der Waals surface area contributed by atoms with Gasteiger partial charge in [0.2, 0.25) is 0 Å². The molecule has 0 aromatic rings. The van der Waals surface area contributed by atoms with E-state index >= 15 is 0 Å². The van der Waals surface area contributed by atoms with Gasteiger partial charge in [0.15, 0.2) is 0 Å². The number of aliphatic hydroxyl groups excluding tert-OH is 1. The van der Waals surface area contributed by atoms with Gasteiger partial charge in [0, 0.05) is 12.8 Å². The standard InChI is InChI=1S/C9H12N2O3/c1-6-2-8(3-7(6)5-12)14-9(13)4-11-10/h4,8,12H,2-3,5H2,1H3/t8-/m1/s1. The van der Waals surface area contributed by atoms with Gasteiger partial charge < -0.3 is 15.4 Å². The van der Waals surface area contributed by atoms with Crippen LogP contribution in [0.1, 0.15) is 19.8 Å². The van der Waals surface area contributed by atoms with Crippen LogP contribution in [0.15, 0.2) is 11.1 Å². The molecule has 1 aliphatic carbocycles. The van der Waals surface area contributed by atoms with Gasteiger partial charge in [-0.1, -0.05) is 5.57 Å². The molecule has 5 nitrogen and oxygen atoms in total. The molecule has 1 atom stereocenters. The molecule has 1 aliphatic rings. The Labute approximate surface area is 81.6 Å². The van der Waals surface area contributed by atoms with Crippen molar-refractivity contribution in [1.29, 1.82) is 0 Å². The van der Waals surface area contributed by atoms with Crippen molar-refractivity contribution in [2.45, 2.75) is 25.9 Å². The Hall–Kier alpha value is -1.45. The lowest BCUT2D eigenvalue weighted by Gasteiger charge is -2.08. The fourth-order valence-corrected chi connectivity index (χ4v) is 1.53. The third kappa shape index (κ3) is 2.52. The second-order valence-corrected chi connectivity index (χ2v) is 3.25. The van der Waals surface area contributed by atoms with E-state index in [9.17, 15) is 4.79 Å². The number of hydrogen-bond donors (Lipinski definition) is 1. The summed E-state index contributed by atoms with van der Waals surface area (Å²) in [6.07, 6.45) is 1.68. The van der Waals surface area contributed by atoms with Gasteiger partial charge in [-0.2, -0.15) is 4.79 Å². The molecular formula is C9H12N2O3. The maximum atomic E-state index is 10.9. The van der Waals surface area contributed by atoms with Crippen molar-refractivity contribution >= 4 is 12.2 Å². The number of carbonyl (C=O) groups excluding carboxylic acids is 1. The van der Waals surface area contributed by atoms with Crippen molar-refractivity contribution in [3.8, 4) is 0 Å². The zero-order valence-corrected chi connectivity index (χ0v) is 7.93. The molecule has 0 spiro atoms. The summed E-state index contributed by atoms with van der Waals surface area (Å²) in [4.78, 5) is 13.5. The zero-order chi connectivity index (χ0) is 10.6. The molecule has 0 saturated carbocycles. The third-order valence-electron chi connectivity index (χ3n) is 2.25. The molecule has 0 fully saturated rings. The first kappa shape index (κ1) is 10.6. The van der Waals surface area contributed by atoms with Gasteiger partial charge in [0.05, 0.1) is 6.61 Å². The minimum absolute atomic E-state index is 0.00791. The number of aliphatic hydroxyl groups is 1. The van der Waals surface area contributed by atoms with Crippen molar-refractivity contribution in [3.05, 3.63) is 16.7 Å². The summed E-state index contributed by atoms with van der Waals surface area (Å²) in [7, 11) is 0. The quantitative estimate of drug-likeness (QED) is 0.232. The van der Waals surface area contributed by atoms with Crippen LogP contribution < -0.4 is 0 Å². The summed E-state index contributed by atoms with van der Waals surface area (Å²) in [6, 6.07) is 0. The second-order valence-electron chi connectivity index (χ2n) is 3.25. The van der Waals surface area contributed by atoms with E-state index in [0.717, 1.165) is 11.1 Å². The van der Waals surface area contributed by atoms with E-state index in [1.54, 1.807) is 0 Å². The Balaban J connectivity index is 2.46. The second kappa shape index (κ2) is 4.69. The lowest BCUT2D eigenvalue weighted by atomic mass is 10.2. The molecule has 0 bridgehead atoms. The maximum Gasteiger partial charge on any atom is 0.413 e. The average molecular weight is 196 g/mol.